The highest BCUT2D eigenvalue weighted by Crippen LogP contribution is 2.09. The number of aromatic amines is 1. The molecule has 0 aliphatic rings. The molecule has 1 aromatic rings. The molecular formula is C6H9N3O. The second-order valence-electron chi connectivity index (χ2n) is 2.37. The van der Waals surface area contributed by atoms with E-state index in [0.29, 0.717) is 12.0 Å². The molecule has 0 radical (unpaired) electrons. The minimum Gasteiger partial charge on any atom is -0.314 e. The Hall–Kier alpha value is -1.16. The van der Waals surface area contributed by atoms with Crippen molar-refractivity contribution in [2.24, 2.45) is 5.73 Å². The lowest BCUT2D eigenvalue weighted by atomic mass is 10.0. The molecule has 4 heteroatoms. The number of hydrogen-bond donors (Lipinski definition) is 2. The van der Waals surface area contributed by atoms with Crippen LogP contribution in [0.5, 0.6) is 0 Å². The van der Waals surface area contributed by atoms with Crippen LogP contribution < -0.4 is 5.73 Å². The lowest BCUT2D eigenvalue weighted by Crippen LogP contribution is -2.34. The van der Waals surface area contributed by atoms with Crippen LogP contribution in [0.1, 0.15) is 12.6 Å². The van der Waals surface area contributed by atoms with Crippen molar-refractivity contribution in [1.29, 1.82) is 0 Å². The summed E-state index contributed by atoms with van der Waals surface area (Å²) in [6.07, 6.45) is 2.24. The first-order valence-electron chi connectivity index (χ1n) is 2.92. The maximum absolute atomic E-state index is 10.4. The fourth-order valence-corrected chi connectivity index (χ4v) is 0.619. The van der Waals surface area contributed by atoms with Gasteiger partial charge in [-0.25, -0.2) is 0 Å². The lowest BCUT2D eigenvalue weighted by molar-refractivity contribution is -0.112. The van der Waals surface area contributed by atoms with Crippen molar-refractivity contribution in [3.63, 3.8) is 0 Å². The van der Waals surface area contributed by atoms with E-state index in [9.17, 15) is 4.79 Å². The van der Waals surface area contributed by atoms with Crippen LogP contribution in [-0.2, 0) is 10.3 Å². The van der Waals surface area contributed by atoms with Crippen LogP contribution in [0.4, 0.5) is 0 Å². The molecule has 0 spiro atoms. The van der Waals surface area contributed by atoms with E-state index < -0.39 is 5.54 Å². The molecule has 0 aliphatic carbocycles. The van der Waals surface area contributed by atoms with Gasteiger partial charge in [-0.05, 0) is 13.0 Å². The molecule has 54 valence electrons. The van der Waals surface area contributed by atoms with E-state index in [4.69, 9.17) is 5.73 Å². The molecule has 0 saturated carbocycles. The number of nitrogens with zero attached hydrogens (tertiary/aromatic N) is 1. The van der Waals surface area contributed by atoms with Gasteiger partial charge >= 0.3 is 0 Å². The molecule has 10 heavy (non-hydrogen) atoms. The van der Waals surface area contributed by atoms with Gasteiger partial charge in [-0.1, -0.05) is 0 Å². The Morgan fingerprint density at radius 2 is 2.60 bits per heavy atom. The predicted octanol–water partition coefficient (Wildman–Crippen LogP) is -0.217. The molecule has 0 aromatic carbocycles. The van der Waals surface area contributed by atoms with Gasteiger partial charge in [0.25, 0.3) is 0 Å². The Kier molecular flexibility index (Phi) is 1.55. The van der Waals surface area contributed by atoms with Crippen LogP contribution >= 0.6 is 0 Å². The van der Waals surface area contributed by atoms with Crippen LogP contribution in [0.2, 0.25) is 0 Å². The summed E-state index contributed by atoms with van der Waals surface area (Å²) in [6.45, 7) is 1.62. The van der Waals surface area contributed by atoms with Crippen LogP contribution in [0.25, 0.3) is 0 Å². The maximum Gasteiger partial charge on any atom is 0.145 e. The molecule has 0 fully saturated rings. The third kappa shape index (κ3) is 1.06. The van der Waals surface area contributed by atoms with Gasteiger partial charge in [0.05, 0.1) is 5.69 Å². The van der Waals surface area contributed by atoms with Crippen molar-refractivity contribution in [2.45, 2.75) is 12.5 Å². The van der Waals surface area contributed by atoms with Crippen molar-refractivity contribution in [3.8, 4) is 0 Å². The Bertz CT molecular complexity index is 215. The average molecular weight is 139 g/mol. The topological polar surface area (TPSA) is 71.8 Å². The standard InChI is InChI=1S/C6H9N3O/c1-6(7,4-10)5-2-3-8-9-5/h2-4H,7H2,1H3,(H,8,9). The number of hydrogen-bond acceptors (Lipinski definition) is 3. The first-order valence-corrected chi connectivity index (χ1v) is 2.92. The summed E-state index contributed by atoms with van der Waals surface area (Å²) in [6, 6.07) is 1.67. The van der Waals surface area contributed by atoms with Crippen molar-refractivity contribution in [3.05, 3.63) is 18.0 Å². The SMILES string of the molecule is CC(N)(C=O)c1ccn[nH]1. The smallest absolute Gasteiger partial charge is 0.145 e. The molecule has 0 bridgehead atoms. The van der Waals surface area contributed by atoms with Gasteiger partial charge in [0.2, 0.25) is 0 Å². The zero-order chi connectivity index (χ0) is 7.61. The lowest BCUT2D eigenvalue weighted by Gasteiger charge is -2.12. The van der Waals surface area contributed by atoms with Crippen LogP contribution in [0.3, 0.4) is 0 Å². The molecule has 0 aliphatic heterocycles. The number of carbonyl (C=O) groups excluding carboxylic acids is 1. The molecular weight excluding hydrogens is 130 g/mol. The molecule has 1 rings (SSSR count). The Labute approximate surface area is 58.4 Å². The van der Waals surface area contributed by atoms with Gasteiger partial charge in [-0.3, -0.25) is 5.10 Å². The number of nitrogens with one attached hydrogen (secondary N) is 1. The van der Waals surface area contributed by atoms with Gasteiger partial charge in [0.1, 0.15) is 11.8 Å². The molecule has 1 aromatic heterocycles. The maximum atomic E-state index is 10.4. The van der Waals surface area contributed by atoms with Gasteiger partial charge in [0.15, 0.2) is 0 Å². The predicted molar refractivity (Wildman–Crippen MR) is 36.2 cm³/mol. The van der Waals surface area contributed by atoms with E-state index in [1.165, 1.54) is 0 Å². The van der Waals surface area contributed by atoms with E-state index in [1.807, 2.05) is 0 Å². The van der Waals surface area contributed by atoms with Crippen LogP contribution in [0.15, 0.2) is 12.3 Å². The molecule has 0 saturated heterocycles. The molecule has 4 nitrogen and oxygen atoms in total. The monoisotopic (exact) mass is 139 g/mol. The van der Waals surface area contributed by atoms with E-state index in [2.05, 4.69) is 10.2 Å². The third-order valence-corrected chi connectivity index (χ3v) is 1.33. The summed E-state index contributed by atoms with van der Waals surface area (Å²) < 4.78 is 0. The number of nitrogens with two attached hydrogens (primary N) is 1. The molecule has 1 unspecified atom stereocenters. The van der Waals surface area contributed by atoms with Gasteiger partial charge in [-0.2, -0.15) is 5.10 Å². The quantitative estimate of drug-likeness (QED) is 0.556. The molecule has 1 heterocycles. The molecule has 0 amide bonds. The van der Waals surface area contributed by atoms with Crippen molar-refractivity contribution < 1.29 is 4.79 Å². The highest BCUT2D eigenvalue weighted by Gasteiger charge is 2.20. The Balaban J connectivity index is 2.95. The highest BCUT2D eigenvalue weighted by atomic mass is 16.1. The van der Waals surface area contributed by atoms with Crippen molar-refractivity contribution >= 4 is 6.29 Å². The Morgan fingerprint density at radius 3 is 3.00 bits per heavy atom. The summed E-state index contributed by atoms with van der Waals surface area (Å²) >= 11 is 0. The average Bonchev–Trinajstić information content (AvgIpc) is 2.38. The zero-order valence-electron chi connectivity index (χ0n) is 5.66. The summed E-state index contributed by atoms with van der Waals surface area (Å²) in [5.74, 6) is 0. The Morgan fingerprint density at radius 1 is 1.90 bits per heavy atom. The summed E-state index contributed by atoms with van der Waals surface area (Å²) in [7, 11) is 0. The number of aromatic nitrogens is 2. The number of rotatable bonds is 2. The van der Waals surface area contributed by atoms with Gasteiger partial charge in [0, 0.05) is 6.20 Å². The summed E-state index contributed by atoms with van der Waals surface area (Å²) in [5.41, 5.74) is 5.24. The first-order chi connectivity index (χ1) is 4.67. The third-order valence-electron chi connectivity index (χ3n) is 1.33. The normalized spacial score (nSPS) is 16.2. The van der Waals surface area contributed by atoms with E-state index >= 15 is 0 Å². The van der Waals surface area contributed by atoms with Crippen molar-refractivity contribution in [2.75, 3.05) is 0 Å². The van der Waals surface area contributed by atoms with E-state index in [-0.39, 0.29) is 0 Å². The summed E-state index contributed by atoms with van der Waals surface area (Å²) in [5, 5.41) is 6.29. The summed E-state index contributed by atoms with van der Waals surface area (Å²) in [4.78, 5) is 10.4. The molecule has 1 atom stereocenters. The number of carbonyl (C=O) groups is 1. The largest absolute Gasteiger partial charge is 0.314 e. The van der Waals surface area contributed by atoms with E-state index in [1.54, 1.807) is 19.2 Å². The first kappa shape index (κ1) is 6.95. The van der Waals surface area contributed by atoms with Gasteiger partial charge in [-0.15, -0.1) is 0 Å². The minimum atomic E-state index is -0.934. The van der Waals surface area contributed by atoms with Gasteiger partial charge < -0.3 is 10.5 Å². The number of aldehydes is 1. The highest BCUT2D eigenvalue weighted by molar-refractivity contribution is 5.65. The van der Waals surface area contributed by atoms with E-state index in [0.717, 1.165) is 0 Å². The fourth-order valence-electron chi connectivity index (χ4n) is 0.619. The second-order valence-corrected chi connectivity index (χ2v) is 2.37. The van der Waals surface area contributed by atoms with Crippen LogP contribution in [-0.4, -0.2) is 16.5 Å². The fraction of sp³-hybridized carbons (Fsp3) is 0.333. The zero-order valence-corrected chi connectivity index (χ0v) is 5.66. The van der Waals surface area contributed by atoms with Crippen molar-refractivity contribution in [1.82, 2.24) is 10.2 Å². The second kappa shape index (κ2) is 2.22. The minimum absolute atomic E-state index is 0.627. The molecule has 3 N–H and O–H groups in total. The number of H-pyrrole nitrogens is 1. The van der Waals surface area contributed by atoms with Crippen LogP contribution in [0, 0.1) is 0 Å².